The molecule has 0 aliphatic carbocycles. The van der Waals surface area contributed by atoms with Gasteiger partial charge in [-0.15, -0.1) is 0 Å². The van der Waals surface area contributed by atoms with Crippen LogP contribution in [0.5, 0.6) is 0 Å². The Morgan fingerprint density at radius 3 is 2.65 bits per heavy atom. The Bertz CT molecular complexity index is 936. The van der Waals surface area contributed by atoms with Gasteiger partial charge in [0, 0.05) is 19.6 Å². The van der Waals surface area contributed by atoms with E-state index in [-0.39, 0.29) is 12.5 Å². The zero-order valence-corrected chi connectivity index (χ0v) is 14.5. The third-order valence-electron chi connectivity index (χ3n) is 4.82. The summed E-state index contributed by atoms with van der Waals surface area (Å²) in [6, 6.07) is 11.2. The van der Waals surface area contributed by atoms with Crippen LogP contribution in [0.1, 0.15) is 43.0 Å². The second-order valence-electron chi connectivity index (χ2n) is 6.73. The Morgan fingerprint density at radius 1 is 1.04 bits per heavy atom. The third kappa shape index (κ3) is 2.88. The van der Waals surface area contributed by atoms with E-state index in [2.05, 4.69) is 22.8 Å². The topological polar surface area (TPSA) is 78.5 Å². The summed E-state index contributed by atoms with van der Waals surface area (Å²) in [5.41, 5.74) is 5.16. The maximum absolute atomic E-state index is 12.4. The zero-order chi connectivity index (χ0) is 18.3. The van der Waals surface area contributed by atoms with Crippen molar-refractivity contribution in [1.82, 2.24) is 15.5 Å². The number of fused-ring (bicyclic) bond motifs is 2. The molecule has 0 fully saturated rings. The van der Waals surface area contributed by atoms with Crippen molar-refractivity contribution < 1.29 is 14.4 Å². The summed E-state index contributed by atoms with van der Waals surface area (Å²) < 4.78 is 0. The van der Waals surface area contributed by atoms with E-state index in [9.17, 15) is 14.4 Å². The van der Waals surface area contributed by atoms with Gasteiger partial charge in [-0.2, -0.15) is 0 Å². The summed E-state index contributed by atoms with van der Waals surface area (Å²) in [6.07, 6.45) is 0. The molecule has 26 heavy (non-hydrogen) atoms. The molecule has 6 heteroatoms. The van der Waals surface area contributed by atoms with Crippen LogP contribution in [0.3, 0.4) is 0 Å². The molecule has 0 spiro atoms. The maximum Gasteiger partial charge on any atom is 0.262 e. The molecule has 0 radical (unpaired) electrons. The molecular weight excluding hydrogens is 330 g/mol. The van der Waals surface area contributed by atoms with Crippen LogP contribution in [0, 0.1) is 6.92 Å². The van der Waals surface area contributed by atoms with Gasteiger partial charge >= 0.3 is 0 Å². The molecule has 0 bridgehead atoms. The van der Waals surface area contributed by atoms with Gasteiger partial charge in [0.2, 0.25) is 5.91 Å². The highest BCUT2D eigenvalue weighted by atomic mass is 16.2. The molecule has 0 aromatic heterocycles. The lowest BCUT2D eigenvalue weighted by Gasteiger charge is -2.14. The Hall–Kier alpha value is -2.99. The quantitative estimate of drug-likeness (QED) is 0.820. The predicted octanol–water partition coefficient (Wildman–Crippen LogP) is 1.51. The standard InChI is InChI=1S/C20H19N3O3/c1-12-2-5-16-17(6-12)20(26)23(19(16)25)11-18(24)22-8-13-3-4-14-9-21-10-15(14)7-13/h2-7,21H,8-11H2,1H3,(H,22,24). The van der Waals surface area contributed by atoms with E-state index in [1.54, 1.807) is 18.2 Å². The number of amides is 3. The minimum atomic E-state index is -0.413. The predicted molar refractivity (Wildman–Crippen MR) is 95.4 cm³/mol. The fourth-order valence-electron chi connectivity index (χ4n) is 3.41. The number of nitrogens with zero attached hydrogens (tertiary/aromatic N) is 1. The Kier molecular flexibility index (Phi) is 4.05. The van der Waals surface area contributed by atoms with Crippen molar-refractivity contribution in [3.05, 3.63) is 69.8 Å². The zero-order valence-electron chi connectivity index (χ0n) is 14.5. The second kappa shape index (κ2) is 6.38. The van der Waals surface area contributed by atoms with E-state index in [4.69, 9.17) is 0 Å². The molecule has 6 nitrogen and oxygen atoms in total. The van der Waals surface area contributed by atoms with Gasteiger partial charge < -0.3 is 10.6 Å². The summed E-state index contributed by atoms with van der Waals surface area (Å²) in [4.78, 5) is 38.0. The van der Waals surface area contributed by atoms with Crippen LogP contribution < -0.4 is 10.6 Å². The highest BCUT2D eigenvalue weighted by Crippen LogP contribution is 2.23. The molecule has 2 N–H and O–H groups in total. The fourth-order valence-corrected chi connectivity index (χ4v) is 3.41. The summed E-state index contributed by atoms with van der Waals surface area (Å²) >= 11 is 0. The van der Waals surface area contributed by atoms with Crippen LogP contribution in [0.2, 0.25) is 0 Å². The second-order valence-corrected chi connectivity index (χ2v) is 6.73. The number of nitrogens with one attached hydrogen (secondary N) is 2. The van der Waals surface area contributed by atoms with Crippen LogP contribution in [0.4, 0.5) is 0 Å². The summed E-state index contributed by atoms with van der Waals surface area (Å²) in [7, 11) is 0. The van der Waals surface area contributed by atoms with Gasteiger partial charge in [0.1, 0.15) is 6.54 Å². The first-order valence-corrected chi connectivity index (χ1v) is 8.58. The molecular formula is C20H19N3O3. The van der Waals surface area contributed by atoms with Crippen LogP contribution in [-0.4, -0.2) is 29.2 Å². The fraction of sp³-hybridized carbons (Fsp3) is 0.250. The number of carbonyl (C=O) groups is 3. The number of aryl methyl sites for hydroxylation is 1. The highest BCUT2D eigenvalue weighted by Gasteiger charge is 2.36. The monoisotopic (exact) mass is 349 g/mol. The first kappa shape index (κ1) is 16.5. The number of rotatable bonds is 4. The lowest BCUT2D eigenvalue weighted by atomic mass is 10.1. The van der Waals surface area contributed by atoms with Crippen LogP contribution >= 0.6 is 0 Å². The van der Waals surface area contributed by atoms with E-state index in [1.807, 2.05) is 13.0 Å². The van der Waals surface area contributed by atoms with Gasteiger partial charge in [0.05, 0.1) is 11.1 Å². The Morgan fingerprint density at radius 2 is 1.81 bits per heavy atom. The average Bonchev–Trinajstić information content (AvgIpc) is 3.18. The molecule has 0 saturated carbocycles. The Balaban J connectivity index is 1.39. The number of hydrogen-bond acceptors (Lipinski definition) is 4. The molecule has 3 amide bonds. The van der Waals surface area contributed by atoms with E-state index in [0.29, 0.717) is 17.7 Å². The molecule has 132 valence electrons. The van der Waals surface area contributed by atoms with Crippen LogP contribution in [-0.2, 0) is 24.4 Å². The summed E-state index contributed by atoms with van der Waals surface area (Å²) in [5.74, 6) is -1.17. The van der Waals surface area contributed by atoms with E-state index >= 15 is 0 Å². The Labute approximate surface area is 151 Å². The molecule has 2 aromatic carbocycles. The van der Waals surface area contributed by atoms with Crippen molar-refractivity contribution in [2.45, 2.75) is 26.6 Å². The maximum atomic E-state index is 12.4. The lowest BCUT2D eigenvalue weighted by molar-refractivity contribution is -0.121. The molecule has 4 rings (SSSR count). The van der Waals surface area contributed by atoms with Crippen molar-refractivity contribution in [1.29, 1.82) is 0 Å². The first-order valence-electron chi connectivity index (χ1n) is 8.58. The number of hydrogen-bond donors (Lipinski definition) is 2. The van der Waals surface area contributed by atoms with Gasteiger partial charge in [-0.25, -0.2) is 0 Å². The molecule has 2 heterocycles. The van der Waals surface area contributed by atoms with Crippen molar-refractivity contribution in [3.8, 4) is 0 Å². The highest BCUT2D eigenvalue weighted by molar-refractivity contribution is 6.22. The van der Waals surface area contributed by atoms with Gasteiger partial charge in [0.25, 0.3) is 11.8 Å². The summed E-state index contributed by atoms with van der Waals surface area (Å²) in [6.45, 7) is 3.68. The van der Waals surface area contributed by atoms with Gasteiger partial charge in [-0.1, -0.05) is 29.8 Å². The van der Waals surface area contributed by atoms with Crippen molar-refractivity contribution in [3.63, 3.8) is 0 Å². The molecule has 2 aliphatic rings. The molecule has 0 unspecified atom stereocenters. The molecule has 0 atom stereocenters. The van der Waals surface area contributed by atoms with Crippen molar-refractivity contribution in [2.75, 3.05) is 6.54 Å². The summed E-state index contributed by atoms with van der Waals surface area (Å²) in [5, 5.41) is 6.07. The van der Waals surface area contributed by atoms with E-state index in [0.717, 1.165) is 29.1 Å². The minimum absolute atomic E-state index is 0.266. The first-order chi connectivity index (χ1) is 12.5. The third-order valence-corrected chi connectivity index (χ3v) is 4.82. The van der Waals surface area contributed by atoms with Gasteiger partial charge in [0.15, 0.2) is 0 Å². The molecule has 2 aliphatic heterocycles. The number of benzene rings is 2. The minimum Gasteiger partial charge on any atom is -0.350 e. The van der Waals surface area contributed by atoms with Crippen LogP contribution in [0.25, 0.3) is 0 Å². The molecule has 2 aromatic rings. The van der Waals surface area contributed by atoms with Crippen molar-refractivity contribution in [2.24, 2.45) is 0 Å². The average molecular weight is 349 g/mol. The van der Waals surface area contributed by atoms with E-state index in [1.165, 1.54) is 11.1 Å². The number of imide groups is 1. The molecule has 0 saturated heterocycles. The normalized spacial score (nSPS) is 15.2. The van der Waals surface area contributed by atoms with Crippen molar-refractivity contribution >= 4 is 17.7 Å². The SMILES string of the molecule is Cc1ccc2c(c1)C(=O)N(CC(=O)NCc1ccc3c(c1)CNC3)C2=O. The lowest BCUT2D eigenvalue weighted by Crippen LogP contribution is -2.40. The smallest absolute Gasteiger partial charge is 0.262 e. The van der Waals surface area contributed by atoms with Gasteiger partial charge in [-0.3, -0.25) is 19.3 Å². The van der Waals surface area contributed by atoms with Gasteiger partial charge in [-0.05, 0) is 35.7 Å². The van der Waals surface area contributed by atoms with Crippen LogP contribution in [0.15, 0.2) is 36.4 Å². The van der Waals surface area contributed by atoms with E-state index < -0.39 is 11.8 Å². The largest absolute Gasteiger partial charge is 0.350 e. The number of carbonyl (C=O) groups excluding carboxylic acids is 3.